The largest absolute Gasteiger partial charge is 0.487 e. The number of Topliss-reactive ketones (excluding diaryl/α,β-unsaturated/α-hetero) is 1. The number of rotatable bonds is 8. The molecule has 0 saturated heterocycles. The van der Waals surface area contributed by atoms with Crippen molar-refractivity contribution in [2.24, 2.45) is 0 Å². The lowest BCUT2D eigenvalue weighted by Crippen LogP contribution is -2.20. The molecule has 7 heteroatoms. The molecule has 0 saturated carbocycles. The van der Waals surface area contributed by atoms with E-state index in [-0.39, 0.29) is 30.5 Å². The van der Waals surface area contributed by atoms with E-state index in [1.54, 1.807) is 50.5 Å². The van der Waals surface area contributed by atoms with Crippen molar-refractivity contribution in [1.29, 1.82) is 0 Å². The van der Waals surface area contributed by atoms with Crippen LogP contribution in [0.3, 0.4) is 0 Å². The third-order valence-corrected chi connectivity index (χ3v) is 5.37. The molecule has 1 amide bonds. The van der Waals surface area contributed by atoms with E-state index in [1.807, 2.05) is 30.3 Å². The summed E-state index contributed by atoms with van der Waals surface area (Å²) in [4.78, 5) is 30.6. The molecule has 0 bridgehead atoms. The number of ketones is 1. The topological polar surface area (TPSA) is 72.6 Å². The molecule has 0 aliphatic heterocycles. The molecular weight excluding hydrogens is 440 g/mol. The molecule has 0 radical (unpaired) electrons. The highest BCUT2D eigenvalue weighted by atomic mass is 35.5. The SMILES string of the molecule is CN(C)C(=O)c1ccc(CCC(=O)c2cccc(OCc3ccc4ccc(Cl)cc4n3)c2)o1. The van der Waals surface area contributed by atoms with Crippen molar-refractivity contribution in [3.8, 4) is 5.75 Å². The van der Waals surface area contributed by atoms with E-state index in [0.717, 1.165) is 16.6 Å². The van der Waals surface area contributed by atoms with Crippen LogP contribution in [0.1, 0.15) is 38.8 Å². The van der Waals surface area contributed by atoms with Crippen LogP contribution in [0.25, 0.3) is 10.9 Å². The van der Waals surface area contributed by atoms with Crippen LogP contribution in [-0.4, -0.2) is 35.7 Å². The Morgan fingerprint density at radius 1 is 1.03 bits per heavy atom. The average Bonchev–Trinajstić information content (AvgIpc) is 3.29. The number of aromatic nitrogens is 1. The Hall–Kier alpha value is -3.64. The Bertz CT molecular complexity index is 1310. The summed E-state index contributed by atoms with van der Waals surface area (Å²) in [6.07, 6.45) is 0.674. The molecule has 4 aromatic rings. The zero-order chi connectivity index (χ0) is 23.4. The van der Waals surface area contributed by atoms with Crippen LogP contribution in [0.5, 0.6) is 5.75 Å². The average molecular weight is 463 g/mol. The molecule has 0 aliphatic carbocycles. The highest BCUT2D eigenvalue weighted by Gasteiger charge is 2.14. The van der Waals surface area contributed by atoms with Gasteiger partial charge < -0.3 is 14.1 Å². The van der Waals surface area contributed by atoms with Crippen molar-refractivity contribution in [2.45, 2.75) is 19.4 Å². The van der Waals surface area contributed by atoms with Gasteiger partial charge in [-0.3, -0.25) is 9.59 Å². The van der Waals surface area contributed by atoms with Gasteiger partial charge in [0.1, 0.15) is 18.1 Å². The van der Waals surface area contributed by atoms with Gasteiger partial charge in [-0.25, -0.2) is 4.98 Å². The monoisotopic (exact) mass is 462 g/mol. The first-order chi connectivity index (χ1) is 15.9. The van der Waals surface area contributed by atoms with Crippen LogP contribution < -0.4 is 4.74 Å². The molecule has 2 heterocycles. The highest BCUT2D eigenvalue weighted by Crippen LogP contribution is 2.20. The third-order valence-electron chi connectivity index (χ3n) is 5.13. The summed E-state index contributed by atoms with van der Waals surface area (Å²) in [7, 11) is 3.32. The van der Waals surface area contributed by atoms with Crippen molar-refractivity contribution in [2.75, 3.05) is 14.1 Å². The van der Waals surface area contributed by atoms with Crippen molar-refractivity contribution < 1.29 is 18.7 Å². The van der Waals surface area contributed by atoms with Crippen molar-refractivity contribution in [3.63, 3.8) is 0 Å². The summed E-state index contributed by atoms with van der Waals surface area (Å²) in [5, 5.41) is 1.64. The predicted octanol–water partition coefficient (Wildman–Crippen LogP) is 5.58. The number of fused-ring (bicyclic) bond motifs is 1. The molecule has 33 heavy (non-hydrogen) atoms. The number of aryl methyl sites for hydroxylation is 1. The molecule has 0 fully saturated rings. The normalized spacial score (nSPS) is 10.9. The highest BCUT2D eigenvalue weighted by molar-refractivity contribution is 6.31. The Morgan fingerprint density at radius 3 is 2.67 bits per heavy atom. The molecule has 0 spiro atoms. The zero-order valence-corrected chi connectivity index (χ0v) is 19.1. The van der Waals surface area contributed by atoms with E-state index in [9.17, 15) is 9.59 Å². The number of carbonyl (C=O) groups is 2. The number of carbonyl (C=O) groups excluding carboxylic acids is 2. The number of nitrogens with zero attached hydrogens (tertiary/aromatic N) is 2. The number of amides is 1. The summed E-state index contributed by atoms with van der Waals surface area (Å²) < 4.78 is 11.4. The van der Waals surface area contributed by atoms with Crippen LogP contribution in [0, 0.1) is 0 Å². The molecular formula is C26H23ClN2O4. The van der Waals surface area contributed by atoms with E-state index in [2.05, 4.69) is 4.98 Å². The Kier molecular flexibility index (Phi) is 6.75. The van der Waals surface area contributed by atoms with Gasteiger partial charge in [0, 0.05) is 42.9 Å². The summed E-state index contributed by atoms with van der Waals surface area (Å²) in [5.74, 6) is 1.22. The maximum atomic E-state index is 12.7. The van der Waals surface area contributed by atoms with Gasteiger partial charge >= 0.3 is 0 Å². The molecule has 0 atom stereocenters. The lowest BCUT2D eigenvalue weighted by atomic mass is 10.1. The van der Waals surface area contributed by atoms with Gasteiger partial charge in [-0.2, -0.15) is 0 Å². The minimum Gasteiger partial charge on any atom is -0.487 e. The first-order valence-electron chi connectivity index (χ1n) is 10.5. The first kappa shape index (κ1) is 22.6. The number of pyridine rings is 1. The van der Waals surface area contributed by atoms with E-state index < -0.39 is 0 Å². The van der Waals surface area contributed by atoms with E-state index in [1.165, 1.54) is 4.90 Å². The van der Waals surface area contributed by atoms with Gasteiger partial charge in [-0.1, -0.05) is 35.9 Å². The maximum absolute atomic E-state index is 12.7. The number of hydrogen-bond acceptors (Lipinski definition) is 5. The van der Waals surface area contributed by atoms with E-state index >= 15 is 0 Å². The van der Waals surface area contributed by atoms with Gasteiger partial charge in [-0.05, 0) is 42.5 Å². The lowest BCUT2D eigenvalue weighted by Gasteiger charge is -2.08. The lowest BCUT2D eigenvalue weighted by molar-refractivity contribution is 0.0795. The minimum atomic E-state index is -0.207. The minimum absolute atomic E-state index is 0.0317. The second kappa shape index (κ2) is 9.88. The number of halogens is 1. The smallest absolute Gasteiger partial charge is 0.289 e. The molecule has 2 aromatic carbocycles. The van der Waals surface area contributed by atoms with E-state index in [0.29, 0.717) is 28.5 Å². The standard InChI is InChI=1S/C26H23ClN2O4/c1-29(2)26(31)25-13-11-21(33-25)10-12-24(30)18-4-3-5-22(14-18)32-16-20-9-7-17-6-8-19(27)15-23(17)28-20/h3-9,11,13-15H,10,12,16H2,1-2H3. The molecule has 0 unspecified atom stereocenters. The zero-order valence-electron chi connectivity index (χ0n) is 18.4. The molecule has 4 rings (SSSR count). The van der Waals surface area contributed by atoms with Crippen LogP contribution in [-0.2, 0) is 13.0 Å². The third kappa shape index (κ3) is 5.59. The van der Waals surface area contributed by atoms with Crippen LogP contribution in [0.2, 0.25) is 5.02 Å². The van der Waals surface area contributed by atoms with Crippen molar-refractivity contribution in [1.82, 2.24) is 9.88 Å². The number of hydrogen-bond donors (Lipinski definition) is 0. The maximum Gasteiger partial charge on any atom is 0.289 e. The second-order valence-corrected chi connectivity index (χ2v) is 8.28. The fourth-order valence-corrected chi connectivity index (χ4v) is 3.52. The fraction of sp³-hybridized carbons (Fsp3) is 0.192. The summed E-state index contributed by atoms with van der Waals surface area (Å²) in [6.45, 7) is 0.273. The molecule has 0 aliphatic rings. The van der Waals surface area contributed by atoms with Crippen molar-refractivity contribution in [3.05, 3.63) is 94.5 Å². The van der Waals surface area contributed by atoms with Crippen molar-refractivity contribution >= 4 is 34.2 Å². The summed E-state index contributed by atoms with van der Waals surface area (Å²) >= 11 is 6.06. The summed E-state index contributed by atoms with van der Waals surface area (Å²) in [6, 6.07) is 19.9. The van der Waals surface area contributed by atoms with Gasteiger partial charge in [0.15, 0.2) is 11.5 Å². The van der Waals surface area contributed by atoms with Gasteiger partial charge in [0.25, 0.3) is 5.91 Å². The predicted molar refractivity (Wildman–Crippen MR) is 127 cm³/mol. The van der Waals surface area contributed by atoms with Gasteiger partial charge in [0.2, 0.25) is 0 Å². The molecule has 168 valence electrons. The first-order valence-corrected chi connectivity index (χ1v) is 10.9. The summed E-state index contributed by atoms with van der Waals surface area (Å²) in [5.41, 5.74) is 2.13. The number of benzene rings is 2. The Balaban J connectivity index is 1.36. The van der Waals surface area contributed by atoms with Gasteiger partial charge in [0.05, 0.1) is 11.2 Å². The fourth-order valence-electron chi connectivity index (χ4n) is 3.36. The number of furan rings is 1. The molecule has 6 nitrogen and oxygen atoms in total. The van der Waals surface area contributed by atoms with Crippen LogP contribution in [0.15, 0.2) is 71.1 Å². The van der Waals surface area contributed by atoms with Gasteiger partial charge in [-0.15, -0.1) is 0 Å². The number of ether oxygens (including phenoxy) is 1. The molecule has 0 N–H and O–H groups in total. The van der Waals surface area contributed by atoms with Crippen LogP contribution in [0.4, 0.5) is 0 Å². The Labute approximate surface area is 196 Å². The van der Waals surface area contributed by atoms with Crippen LogP contribution >= 0.6 is 11.6 Å². The quantitative estimate of drug-likeness (QED) is 0.320. The second-order valence-electron chi connectivity index (χ2n) is 7.84. The van der Waals surface area contributed by atoms with E-state index in [4.69, 9.17) is 20.8 Å². The Morgan fingerprint density at radius 2 is 1.85 bits per heavy atom. The molecule has 2 aromatic heterocycles.